The van der Waals surface area contributed by atoms with E-state index in [0.29, 0.717) is 11.4 Å². The lowest BCUT2D eigenvalue weighted by molar-refractivity contribution is -0.384. The van der Waals surface area contributed by atoms with Crippen LogP contribution in [-0.2, 0) is 0 Å². The number of hydrogen-bond donors (Lipinski definition) is 1. The molecule has 0 radical (unpaired) electrons. The third kappa shape index (κ3) is 2.55. The summed E-state index contributed by atoms with van der Waals surface area (Å²) in [6, 6.07) is 8.35. The zero-order valence-corrected chi connectivity index (χ0v) is 10.9. The number of nitrogens with two attached hydrogens (primary N) is 1. The fraction of sp³-hybridized carbons (Fsp3) is 0.357. The molecule has 0 spiro atoms. The second-order valence-electron chi connectivity index (χ2n) is 5.10. The molecule has 1 aliphatic rings. The monoisotopic (exact) mass is 273 g/mol. The van der Waals surface area contributed by atoms with Crippen molar-refractivity contribution in [2.24, 2.45) is 5.73 Å². The van der Waals surface area contributed by atoms with E-state index in [0.717, 1.165) is 24.6 Å². The second-order valence-corrected chi connectivity index (χ2v) is 5.10. The Morgan fingerprint density at radius 2 is 2.15 bits per heavy atom. The molecule has 2 N–H and O–H groups in total. The van der Waals surface area contributed by atoms with Crippen LogP contribution in [0.5, 0.6) is 5.88 Å². The molecule has 1 saturated carbocycles. The summed E-state index contributed by atoms with van der Waals surface area (Å²) in [5.41, 5.74) is 6.60. The molecule has 1 fully saturated rings. The fourth-order valence-corrected chi connectivity index (χ4v) is 2.52. The molecule has 104 valence electrons. The molecule has 0 aliphatic heterocycles. The van der Waals surface area contributed by atoms with Crippen LogP contribution in [0, 0.1) is 10.1 Å². The molecule has 2 atom stereocenters. The molecular weight excluding hydrogens is 258 g/mol. The van der Waals surface area contributed by atoms with Crippen LogP contribution in [0.2, 0.25) is 0 Å². The van der Waals surface area contributed by atoms with Crippen molar-refractivity contribution in [2.45, 2.75) is 31.4 Å². The topological polar surface area (TPSA) is 91.3 Å². The van der Waals surface area contributed by atoms with Crippen molar-refractivity contribution in [3.63, 3.8) is 0 Å². The molecule has 3 rings (SSSR count). The van der Waals surface area contributed by atoms with Gasteiger partial charge in [-0.2, -0.15) is 0 Å². The Bertz CT molecular complexity index is 659. The van der Waals surface area contributed by atoms with Gasteiger partial charge in [0.2, 0.25) is 5.88 Å². The lowest BCUT2D eigenvalue weighted by atomic mass is 10.2. The van der Waals surface area contributed by atoms with Gasteiger partial charge in [0, 0.05) is 29.6 Å². The molecule has 20 heavy (non-hydrogen) atoms. The molecule has 0 saturated heterocycles. The fourth-order valence-electron chi connectivity index (χ4n) is 2.52. The van der Waals surface area contributed by atoms with Gasteiger partial charge in [-0.1, -0.05) is 0 Å². The summed E-state index contributed by atoms with van der Waals surface area (Å²) in [7, 11) is 0. The first-order valence-electron chi connectivity index (χ1n) is 6.59. The van der Waals surface area contributed by atoms with Crippen LogP contribution in [0.4, 0.5) is 5.69 Å². The number of non-ortho nitro benzene ring substituents is 1. The molecule has 1 aromatic carbocycles. The number of nitro groups is 1. The summed E-state index contributed by atoms with van der Waals surface area (Å²) in [6.45, 7) is 0. The minimum atomic E-state index is -0.413. The molecule has 1 aliphatic carbocycles. The smallest absolute Gasteiger partial charge is 0.270 e. The largest absolute Gasteiger partial charge is 0.474 e. The first-order valence-corrected chi connectivity index (χ1v) is 6.59. The maximum Gasteiger partial charge on any atom is 0.270 e. The molecule has 0 bridgehead atoms. The molecule has 0 amide bonds. The number of aromatic nitrogens is 1. The van der Waals surface area contributed by atoms with Crippen LogP contribution >= 0.6 is 0 Å². The Morgan fingerprint density at radius 3 is 2.85 bits per heavy atom. The highest BCUT2D eigenvalue weighted by Crippen LogP contribution is 2.25. The van der Waals surface area contributed by atoms with E-state index < -0.39 is 4.92 Å². The maximum absolute atomic E-state index is 10.7. The van der Waals surface area contributed by atoms with Gasteiger partial charge in [-0.25, -0.2) is 4.98 Å². The highest BCUT2D eigenvalue weighted by molar-refractivity contribution is 5.81. The van der Waals surface area contributed by atoms with Crippen LogP contribution in [0.1, 0.15) is 19.3 Å². The van der Waals surface area contributed by atoms with Crippen LogP contribution in [0.3, 0.4) is 0 Å². The second kappa shape index (κ2) is 5.05. The van der Waals surface area contributed by atoms with Crippen LogP contribution < -0.4 is 10.5 Å². The van der Waals surface area contributed by atoms with Gasteiger partial charge in [-0.05, 0) is 31.4 Å². The van der Waals surface area contributed by atoms with Gasteiger partial charge in [0.05, 0.1) is 10.4 Å². The lowest BCUT2D eigenvalue weighted by Gasteiger charge is -2.12. The number of nitro benzene ring substituents is 1. The number of rotatable bonds is 3. The number of hydrogen-bond acceptors (Lipinski definition) is 5. The number of fused-ring (bicyclic) bond motifs is 1. The molecule has 2 aromatic rings. The van der Waals surface area contributed by atoms with E-state index in [9.17, 15) is 10.1 Å². The Balaban J connectivity index is 1.84. The summed E-state index contributed by atoms with van der Waals surface area (Å²) in [4.78, 5) is 14.7. The summed E-state index contributed by atoms with van der Waals surface area (Å²) in [6.07, 6.45) is 2.89. The molecule has 6 heteroatoms. The Kier molecular flexibility index (Phi) is 3.23. The standard InChI is InChI=1S/C14H15N3O3/c15-10-2-4-12(8-10)20-14-6-1-9-7-11(17(18)19)3-5-13(9)16-14/h1,3,5-7,10,12H,2,4,8,15H2. The number of pyridine rings is 1. The van der Waals surface area contributed by atoms with E-state index in [1.54, 1.807) is 18.2 Å². The first kappa shape index (κ1) is 12.8. The third-order valence-corrected chi connectivity index (χ3v) is 3.57. The van der Waals surface area contributed by atoms with Crippen molar-refractivity contribution in [3.05, 3.63) is 40.4 Å². The summed E-state index contributed by atoms with van der Waals surface area (Å²) >= 11 is 0. The zero-order valence-electron chi connectivity index (χ0n) is 10.9. The van der Waals surface area contributed by atoms with E-state index in [2.05, 4.69) is 4.98 Å². The highest BCUT2D eigenvalue weighted by atomic mass is 16.6. The van der Waals surface area contributed by atoms with Crippen LogP contribution in [0.15, 0.2) is 30.3 Å². The Hall–Kier alpha value is -2.21. The Morgan fingerprint density at radius 1 is 1.30 bits per heavy atom. The van der Waals surface area contributed by atoms with Crippen molar-refractivity contribution < 1.29 is 9.66 Å². The Labute approximate surface area is 115 Å². The predicted molar refractivity (Wildman–Crippen MR) is 74.6 cm³/mol. The van der Waals surface area contributed by atoms with E-state index in [1.807, 2.05) is 0 Å². The minimum absolute atomic E-state index is 0.0646. The maximum atomic E-state index is 10.7. The number of benzene rings is 1. The van der Waals surface area contributed by atoms with Gasteiger partial charge < -0.3 is 10.5 Å². The number of ether oxygens (including phenoxy) is 1. The number of nitrogens with zero attached hydrogens (tertiary/aromatic N) is 2. The molecule has 1 aromatic heterocycles. The van der Waals surface area contributed by atoms with Gasteiger partial charge in [0.1, 0.15) is 6.10 Å². The van der Waals surface area contributed by atoms with E-state index in [4.69, 9.17) is 10.5 Å². The normalized spacial score (nSPS) is 22.1. The van der Waals surface area contributed by atoms with Crippen molar-refractivity contribution in [3.8, 4) is 5.88 Å². The van der Waals surface area contributed by atoms with Crippen molar-refractivity contribution in [1.82, 2.24) is 4.98 Å². The van der Waals surface area contributed by atoms with E-state index >= 15 is 0 Å². The van der Waals surface area contributed by atoms with Gasteiger partial charge in [-0.3, -0.25) is 10.1 Å². The third-order valence-electron chi connectivity index (χ3n) is 3.57. The molecule has 2 unspecified atom stereocenters. The lowest BCUT2D eigenvalue weighted by Crippen LogP contribution is -2.19. The quantitative estimate of drug-likeness (QED) is 0.684. The minimum Gasteiger partial charge on any atom is -0.474 e. The van der Waals surface area contributed by atoms with E-state index in [1.165, 1.54) is 12.1 Å². The van der Waals surface area contributed by atoms with Gasteiger partial charge in [-0.15, -0.1) is 0 Å². The van der Waals surface area contributed by atoms with Crippen LogP contribution in [0.25, 0.3) is 10.9 Å². The first-order chi connectivity index (χ1) is 9.61. The predicted octanol–water partition coefficient (Wildman–Crippen LogP) is 2.40. The van der Waals surface area contributed by atoms with Crippen LogP contribution in [-0.4, -0.2) is 22.1 Å². The van der Waals surface area contributed by atoms with Crippen molar-refractivity contribution in [1.29, 1.82) is 0 Å². The van der Waals surface area contributed by atoms with Gasteiger partial charge in [0.25, 0.3) is 5.69 Å². The van der Waals surface area contributed by atoms with Gasteiger partial charge in [0.15, 0.2) is 0 Å². The molecule has 1 heterocycles. The summed E-state index contributed by atoms with van der Waals surface area (Å²) in [5.74, 6) is 0.547. The SMILES string of the molecule is NC1CCC(Oc2ccc3cc([N+](=O)[O-])ccc3n2)C1. The molecule has 6 nitrogen and oxygen atoms in total. The molecular formula is C14H15N3O3. The summed E-state index contributed by atoms with van der Waals surface area (Å²) < 4.78 is 5.81. The average molecular weight is 273 g/mol. The van der Waals surface area contributed by atoms with E-state index in [-0.39, 0.29) is 17.8 Å². The zero-order chi connectivity index (χ0) is 14.1. The van der Waals surface area contributed by atoms with Gasteiger partial charge >= 0.3 is 0 Å². The average Bonchev–Trinajstić information content (AvgIpc) is 2.83. The van der Waals surface area contributed by atoms with Crippen molar-refractivity contribution in [2.75, 3.05) is 0 Å². The highest BCUT2D eigenvalue weighted by Gasteiger charge is 2.23. The van der Waals surface area contributed by atoms with Crippen molar-refractivity contribution >= 4 is 16.6 Å². The summed E-state index contributed by atoms with van der Waals surface area (Å²) in [5, 5.41) is 11.5.